The highest BCUT2D eigenvalue weighted by molar-refractivity contribution is 9.10. The second-order valence-electron chi connectivity index (χ2n) is 5.47. The average Bonchev–Trinajstić information content (AvgIpc) is 2.92. The molecule has 1 atom stereocenters. The number of hydrogen-bond acceptors (Lipinski definition) is 4. The predicted molar refractivity (Wildman–Crippen MR) is 75.7 cm³/mol. The van der Waals surface area contributed by atoms with E-state index in [1.807, 2.05) is 0 Å². The zero-order chi connectivity index (χ0) is 14.3. The third kappa shape index (κ3) is 2.02. The van der Waals surface area contributed by atoms with Crippen LogP contribution in [0, 0.1) is 15.5 Å². The monoisotopic (exact) mass is 339 g/mol. The number of rotatable bonds is 3. The van der Waals surface area contributed by atoms with Crippen molar-refractivity contribution in [3.8, 4) is 5.75 Å². The van der Waals surface area contributed by atoms with E-state index in [0.717, 1.165) is 25.7 Å². The minimum Gasteiger partial charge on any atom is -0.482 e. The molecule has 0 heterocycles. The number of ketones is 1. The standard InChI is InChI=1S/C14H14BrNO4/c15-9-3-4-11(10(7-9)16(18)19)20-13-8-12(17)14(13)5-1-2-6-14/h3-4,7,13H,1-2,5-6,8H2. The summed E-state index contributed by atoms with van der Waals surface area (Å²) in [5.74, 6) is 0.502. The molecule has 0 radical (unpaired) electrons. The van der Waals surface area contributed by atoms with Crippen molar-refractivity contribution in [2.24, 2.45) is 5.41 Å². The van der Waals surface area contributed by atoms with E-state index in [1.54, 1.807) is 12.1 Å². The lowest BCUT2D eigenvalue weighted by atomic mass is 9.63. The Hall–Kier alpha value is -1.43. The van der Waals surface area contributed by atoms with Crippen LogP contribution in [0.15, 0.2) is 22.7 Å². The molecule has 2 aliphatic carbocycles. The number of Topliss-reactive ketones (excluding diaryl/α,β-unsaturated/α-hetero) is 1. The van der Waals surface area contributed by atoms with E-state index >= 15 is 0 Å². The molecule has 1 aromatic rings. The van der Waals surface area contributed by atoms with Gasteiger partial charge in [0.2, 0.25) is 0 Å². The Kier molecular flexibility index (Phi) is 3.28. The van der Waals surface area contributed by atoms with Gasteiger partial charge in [0.05, 0.1) is 10.3 Å². The van der Waals surface area contributed by atoms with E-state index in [9.17, 15) is 14.9 Å². The SMILES string of the molecule is O=C1CC(Oc2ccc(Br)cc2[N+](=O)[O-])C12CCCC2. The second kappa shape index (κ2) is 4.84. The van der Waals surface area contributed by atoms with Crippen LogP contribution in [0.5, 0.6) is 5.75 Å². The Balaban J connectivity index is 1.85. The van der Waals surface area contributed by atoms with Gasteiger partial charge in [0, 0.05) is 17.0 Å². The summed E-state index contributed by atoms with van der Waals surface area (Å²) in [5.41, 5.74) is -0.437. The number of nitrogens with zero attached hydrogens (tertiary/aromatic N) is 1. The van der Waals surface area contributed by atoms with Crippen molar-refractivity contribution in [2.75, 3.05) is 0 Å². The van der Waals surface area contributed by atoms with Crippen molar-refractivity contribution >= 4 is 27.4 Å². The van der Waals surface area contributed by atoms with Crippen molar-refractivity contribution in [3.63, 3.8) is 0 Å². The highest BCUT2D eigenvalue weighted by atomic mass is 79.9. The molecule has 2 saturated carbocycles. The molecule has 1 spiro atoms. The van der Waals surface area contributed by atoms with Crippen LogP contribution in [0.3, 0.4) is 0 Å². The molecule has 5 nitrogen and oxygen atoms in total. The zero-order valence-electron chi connectivity index (χ0n) is 10.8. The number of ether oxygens (including phenoxy) is 1. The predicted octanol–water partition coefficient (Wildman–Crippen LogP) is 3.64. The fourth-order valence-corrected chi connectivity index (χ4v) is 3.61. The third-order valence-electron chi connectivity index (χ3n) is 4.43. The summed E-state index contributed by atoms with van der Waals surface area (Å²) in [6.45, 7) is 0. The quantitative estimate of drug-likeness (QED) is 0.622. The summed E-state index contributed by atoms with van der Waals surface area (Å²) in [5, 5.41) is 11.1. The van der Waals surface area contributed by atoms with Crippen molar-refractivity contribution in [1.82, 2.24) is 0 Å². The zero-order valence-corrected chi connectivity index (χ0v) is 12.4. The van der Waals surface area contributed by atoms with Gasteiger partial charge in [-0.2, -0.15) is 0 Å². The molecular formula is C14H14BrNO4. The van der Waals surface area contributed by atoms with Crippen LogP contribution in [0.25, 0.3) is 0 Å². The summed E-state index contributed by atoms with van der Waals surface area (Å²) in [7, 11) is 0. The summed E-state index contributed by atoms with van der Waals surface area (Å²) in [4.78, 5) is 22.5. The molecule has 0 N–H and O–H groups in total. The van der Waals surface area contributed by atoms with Gasteiger partial charge in [-0.05, 0) is 25.0 Å². The second-order valence-corrected chi connectivity index (χ2v) is 6.38. The maximum Gasteiger partial charge on any atom is 0.312 e. The van der Waals surface area contributed by atoms with E-state index < -0.39 is 4.92 Å². The van der Waals surface area contributed by atoms with Gasteiger partial charge in [-0.15, -0.1) is 0 Å². The minimum absolute atomic E-state index is 0.0631. The summed E-state index contributed by atoms with van der Waals surface area (Å²) in [6.07, 6.45) is 3.93. The molecule has 106 valence electrons. The van der Waals surface area contributed by atoms with E-state index in [2.05, 4.69) is 15.9 Å². The highest BCUT2D eigenvalue weighted by Crippen LogP contribution is 2.52. The van der Waals surface area contributed by atoms with Crippen LogP contribution in [0.1, 0.15) is 32.1 Å². The molecule has 1 unspecified atom stereocenters. The number of carbonyl (C=O) groups excluding carboxylic acids is 1. The minimum atomic E-state index is -0.456. The van der Waals surface area contributed by atoms with Gasteiger partial charge in [0.25, 0.3) is 0 Å². The molecule has 0 aliphatic heterocycles. The Labute approximate surface area is 124 Å². The Bertz CT molecular complexity index is 581. The van der Waals surface area contributed by atoms with Crippen LogP contribution in [0.4, 0.5) is 5.69 Å². The number of nitro groups is 1. The number of hydrogen-bond donors (Lipinski definition) is 0. The summed E-state index contributed by atoms with van der Waals surface area (Å²) in [6, 6.07) is 4.73. The van der Waals surface area contributed by atoms with Crippen molar-refractivity contribution in [1.29, 1.82) is 0 Å². The first kappa shape index (κ1) is 13.5. The van der Waals surface area contributed by atoms with Crippen molar-refractivity contribution in [3.05, 3.63) is 32.8 Å². The lowest BCUT2D eigenvalue weighted by molar-refractivity contribution is -0.386. The number of benzene rings is 1. The van der Waals surface area contributed by atoms with Gasteiger partial charge in [0.1, 0.15) is 11.9 Å². The van der Waals surface area contributed by atoms with Crippen molar-refractivity contribution < 1.29 is 14.5 Å². The fourth-order valence-electron chi connectivity index (χ4n) is 3.26. The smallest absolute Gasteiger partial charge is 0.312 e. The first-order valence-corrected chi connectivity index (χ1v) is 7.46. The summed E-state index contributed by atoms with van der Waals surface area (Å²) < 4.78 is 6.46. The molecule has 1 aromatic carbocycles. The molecule has 20 heavy (non-hydrogen) atoms. The maximum atomic E-state index is 11.9. The molecular weight excluding hydrogens is 326 g/mol. The van der Waals surface area contributed by atoms with Gasteiger partial charge in [-0.25, -0.2) is 0 Å². The normalized spacial score (nSPS) is 23.6. The lowest BCUT2D eigenvalue weighted by Gasteiger charge is -2.44. The summed E-state index contributed by atoms with van der Waals surface area (Å²) >= 11 is 3.22. The van der Waals surface area contributed by atoms with Gasteiger partial charge >= 0.3 is 5.69 Å². The molecule has 2 aliphatic rings. The van der Waals surface area contributed by atoms with Crippen LogP contribution in [0.2, 0.25) is 0 Å². The van der Waals surface area contributed by atoms with Crippen LogP contribution < -0.4 is 4.74 Å². The van der Waals surface area contributed by atoms with E-state index in [1.165, 1.54) is 6.07 Å². The van der Waals surface area contributed by atoms with Gasteiger partial charge in [-0.1, -0.05) is 28.8 Å². The van der Waals surface area contributed by atoms with E-state index in [4.69, 9.17) is 4.74 Å². The number of halogens is 1. The molecule has 0 bridgehead atoms. The van der Waals surface area contributed by atoms with Crippen LogP contribution in [-0.2, 0) is 4.79 Å². The Morgan fingerprint density at radius 2 is 2.05 bits per heavy atom. The van der Waals surface area contributed by atoms with Gasteiger partial charge in [-0.3, -0.25) is 14.9 Å². The molecule has 3 rings (SSSR count). The van der Waals surface area contributed by atoms with Crippen LogP contribution >= 0.6 is 15.9 Å². The third-order valence-corrected chi connectivity index (χ3v) is 4.92. The first-order chi connectivity index (χ1) is 9.53. The first-order valence-electron chi connectivity index (χ1n) is 6.67. The fraction of sp³-hybridized carbons (Fsp3) is 0.500. The van der Waals surface area contributed by atoms with E-state index in [0.29, 0.717) is 10.9 Å². The molecule has 2 fully saturated rings. The maximum absolute atomic E-state index is 11.9. The molecule has 0 aromatic heterocycles. The molecule has 6 heteroatoms. The topological polar surface area (TPSA) is 69.4 Å². The number of nitro benzene ring substituents is 1. The van der Waals surface area contributed by atoms with Crippen molar-refractivity contribution in [2.45, 2.75) is 38.2 Å². The molecule has 0 amide bonds. The van der Waals surface area contributed by atoms with Gasteiger partial charge in [0.15, 0.2) is 5.75 Å². The van der Waals surface area contributed by atoms with E-state index in [-0.39, 0.29) is 28.7 Å². The lowest BCUT2D eigenvalue weighted by Crippen LogP contribution is -2.55. The van der Waals surface area contributed by atoms with Crippen LogP contribution in [-0.4, -0.2) is 16.8 Å². The Morgan fingerprint density at radius 3 is 2.65 bits per heavy atom. The molecule has 0 saturated heterocycles. The average molecular weight is 340 g/mol. The highest BCUT2D eigenvalue weighted by Gasteiger charge is 2.57. The Morgan fingerprint density at radius 1 is 1.35 bits per heavy atom. The largest absolute Gasteiger partial charge is 0.482 e. The van der Waals surface area contributed by atoms with Gasteiger partial charge < -0.3 is 4.74 Å². The number of carbonyl (C=O) groups is 1.